The number of non-ortho nitro benzene ring substituents is 1. The zero-order valence-electron chi connectivity index (χ0n) is 9.34. The molecule has 0 amide bonds. The third-order valence-electron chi connectivity index (χ3n) is 2.40. The Hall–Kier alpha value is -1.72. The second-order valence-electron chi connectivity index (χ2n) is 3.64. The van der Waals surface area contributed by atoms with Gasteiger partial charge in [-0.15, -0.1) is 11.3 Å². The molecule has 2 aromatic rings. The van der Waals surface area contributed by atoms with Crippen molar-refractivity contribution in [3.63, 3.8) is 0 Å². The first-order chi connectivity index (χ1) is 8.20. The Morgan fingerprint density at radius 2 is 2.18 bits per heavy atom. The lowest BCUT2D eigenvalue weighted by molar-refractivity contribution is -0.384. The fourth-order valence-electron chi connectivity index (χ4n) is 1.60. The van der Waals surface area contributed by atoms with E-state index in [0.717, 1.165) is 17.7 Å². The summed E-state index contributed by atoms with van der Waals surface area (Å²) in [6, 6.07) is 8.76. The Bertz CT molecular complexity index is 537. The minimum Gasteiger partial charge on any atom is -0.315 e. The number of nitro groups is 1. The van der Waals surface area contributed by atoms with Gasteiger partial charge in [0.25, 0.3) is 5.69 Å². The first-order valence-corrected chi connectivity index (χ1v) is 6.05. The monoisotopic (exact) mass is 248 g/mol. The predicted octanol–water partition coefficient (Wildman–Crippen LogP) is 3.04. The Morgan fingerprint density at radius 3 is 2.88 bits per heavy atom. The van der Waals surface area contributed by atoms with Crippen LogP contribution in [-0.2, 0) is 6.54 Å². The third kappa shape index (κ3) is 2.69. The van der Waals surface area contributed by atoms with Crippen molar-refractivity contribution in [1.82, 2.24) is 5.32 Å². The molecule has 0 spiro atoms. The average Bonchev–Trinajstić information content (AvgIpc) is 2.78. The molecule has 0 bridgehead atoms. The van der Waals surface area contributed by atoms with Gasteiger partial charge in [-0.1, -0.05) is 12.1 Å². The van der Waals surface area contributed by atoms with Crippen molar-refractivity contribution in [2.45, 2.75) is 6.54 Å². The van der Waals surface area contributed by atoms with Crippen LogP contribution < -0.4 is 5.32 Å². The van der Waals surface area contributed by atoms with Crippen LogP contribution in [0.25, 0.3) is 11.1 Å². The van der Waals surface area contributed by atoms with Gasteiger partial charge in [0.15, 0.2) is 0 Å². The molecule has 0 aliphatic carbocycles. The minimum atomic E-state index is -0.371. The van der Waals surface area contributed by atoms with Gasteiger partial charge in [0, 0.05) is 23.6 Å². The van der Waals surface area contributed by atoms with E-state index in [9.17, 15) is 10.1 Å². The molecule has 0 atom stereocenters. The van der Waals surface area contributed by atoms with Gasteiger partial charge in [-0.2, -0.15) is 0 Å². The summed E-state index contributed by atoms with van der Waals surface area (Å²) in [5.74, 6) is 0. The van der Waals surface area contributed by atoms with E-state index in [1.165, 1.54) is 10.9 Å². The van der Waals surface area contributed by atoms with E-state index in [0.29, 0.717) is 0 Å². The standard InChI is InChI=1S/C12H12N2O2S/c1-13-7-12-6-10(8-17-12)9-3-2-4-11(5-9)14(15)16/h2-6,8,13H,7H2,1H3. The number of nitro benzene ring substituents is 1. The van der Waals surface area contributed by atoms with Crippen LogP contribution >= 0.6 is 11.3 Å². The predicted molar refractivity (Wildman–Crippen MR) is 69.2 cm³/mol. The Labute approximate surface area is 103 Å². The summed E-state index contributed by atoms with van der Waals surface area (Å²) in [5, 5.41) is 15.8. The summed E-state index contributed by atoms with van der Waals surface area (Å²) in [6.45, 7) is 0.819. The van der Waals surface area contributed by atoms with E-state index in [2.05, 4.69) is 11.4 Å². The molecule has 0 unspecified atom stereocenters. The van der Waals surface area contributed by atoms with Gasteiger partial charge in [-0.05, 0) is 29.6 Å². The maximum absolute atomic E-state index is 10.7. The topological polar surface area (TPSA) is 55.2 Å². The quantitative estimate of drug-likeness (QED) is 0.668. The molecule has 0 saturated carbocycles. The lowest BCUT2D eigenvalue weighted by Crippen LogP contribution is -2.02. The van der Waals surface area contributed by atoms with Crippen molar-refractivity contribution in [3.05, 3.63) is 50.7 Å². The number of hydrogen-bond acceptors (Lipinski definition) is 4. The van der Waals surface area contributed by atoms with E-state index >= 15 is 0 Å². The molecule has 0 aliphatic heterocycles. The molecule has 1 aromatic heterocycles. The Balaban J connectivity index is 2.32. The van der Waals surface area contributed by atoms with E-state index in [1.807, 2.05) is 18.5 Å². The van der Waals surface area contributed by atoms with Crippen molar-refractivity contribution in [2.75, 3.05) is 7.05 Å². The number of benzene rings is 1. The van der Waals surface area contributed by atoms with E-state index in [1.54, 1.807) is 23.5 Å². The van der Waals surface area contributed by atoms with Crippen molar-refractivity contribution in [1.29, 1.82) is 0 Å². The van der Waals surface area contributed by atoms with Gasteiger partial charge in [-0.25, -0.2) is 0 Å². The maximum atomic E-state index is 10.7. The normalized spacial score (nSPS) is 10.4. The summed E-state index contributed by atoms with van der Waals surface area (Å²) in [5.41, 5.74) is 2.05. The summed E-state index contributed by atoms with van der Waals surface area (Å²) in [4.78, 5) is 11.5. The largest absolute Gasteiger partial charge is 0.315 e. The second-order valence-corrected chi connectivity index (χ2v) is 4.64. The molecule has 0 fully saturated rings. The Morgan fingerprint density at radius 1 is 1.35 bits per heavy atom. The van der Waals surface area contributed by atoms with Crippen molar-refractivity contribution in [2.24, 2.45) is 0 Å². The number of nitrogens with one attached hydrogen (secondary N) is 1. The summed E-state index contributed by atoms with van der Waals surface area (Å²) >= 11 is 1.65. The van der Waals surface area contributed by atoms with Crippen molar-refractivity contribution >= 4 is 17.0 Å². The second kappa shape index (κ2) is 5.07. The minimum absolute atomic E-state index is 0.129. The Kier molecular flexibility index (Phi) is 3.51. The van der Waals surface area contributed by atoms with Gasteiger partial charge in [0.05, 0.1) is 4.92 Å². The number of hydrogen-bond donors (Lipinski definition) is 1. The molecular weight excluding hydrogens is 236 g/mol. The zero-order valence-corrected chi connectivity index (χ0v) is 10.2. The zero-order chi connectivity index (χ0) is 12.3. The lowest BCUT2D eigenvalue weighted by atomic mass is 10.1. The fraction of sp³-hybridized carbons (Fsp3) is 0.167. The van der Waals surface area contributed by atoms with Gasteiger partial charge in [-0.3, -0.25) is 10.1 Å². The number of thiophene rings is 1. The molecule has 4 nitrogen and oxygen atoms in total. The van der Waals surface area contributed by atoms with Crippen LogP contribution in [-0.4, -0.2) is 12.0 Å². The van der Waals surface area contributed by atoms with E-state index in [4.69, 9.17) is 0 Å². The molecule has 88 valence electrons. The molecule has 0 radical (unpaired) electrons. The molecule has 0 saturated heterocycles. The maximum Gasteiger partial charge on any atom is 0.270 e. The van der Waals surface area contributed by atoms with E-state index in [-0.39, 0.29) is 10.6 Å². The molecule has 1 N–H and O–H groups in total. The molecule has 0 aliphatic rings. The van der Waals surface area contributed by atoms with Crippen LogP contribution in [0.4, 0.5) is 5.69 Å². The average molecular weight is 248 g/mol. The fourth-order valence-corrected chi connectivity index (χ4v) is 2.50. The molecule has 5 heteroatoms. The highest BCUT2D eigenvalue weighted by molar-refractivity contribution is 7.10. The molecule has 1 aromatic carbocycles. The van der Waals surface area contributed by atoms with Crippen molar-refractivity contribution < 1.29 is 4.92 Å². The first-order valence-electron chi connectivity index (χ1n) is 5.17. The molecule has 17 heavy (non-hydrogen) atoms. The highest BCUT2D eigenvalue weighted by atomic mass is 32.1. The van der Waals surface area contributed by atoms with Gasteiger partial charge in [0.1, 0.15) is 0 Å². The van der Waals surface area contributed by atoms with Crippen LogP contribution in [0.5, 0.6) is 0 Å². The molecule has 2 rings (SSSR count). The summed E-state index contributed by atoms with van der Waals surface area (Å²) in [6.07, 6.45) is 0. The first kappa shape index (κ1) is 11.8. The smallest absolute Gasteiger partial charge is 0.270 e. The van der Waals surface area contributed by atoms with Gasteiger partial charge in [0.2, 0.25) is 0 Å². The molecular formula is C12H12N2O2S. The third-order valence-corrected chi connectivity index (χ3v) is 3.33. The van der Waals surface area contributed by atoms with E-state index < -0.39 is 0 Å². The molecule has 1 heterocycles. The van der Waals surface area contributed by atoms with Crippen LogP contribution in [0, 0.1) is 10.1 Å². The highest BCUT2D eigenvalue weighted by Crippen LogP contribution is 2.28. The SMILES string of the molecule is CNCc1cc(-c2cccc([N+](=O)[O-])c2)cs1. The van der Waals surface area contributed by atoms with Crippen LogP contribution in [0.1, 0.15) is 4.88 Å². The summed E-state index contributed by atoms with van der Waals surface area (Å²) in [7, 11) is 1.90. The van der Waals surface area contributed by atoms with Crippen LogP contribution in [0.2, 0.25) is 0 Å². The highest BCUT2D eigenvalue weighted by Gasteiger charge is 2.08. The van der Waals surface area contributed by atoms with Gasteiger partial charge >= 0.3 is 0 Å². The van der Waals surface area contributed by atoms with Gasteiger partial charge < -0.3 is 5.32 Å². The number of nitrogens with zero attached hydrogens (tertiary/aromatic N) is 1. The summed E-state index contributed by atoms with van der Waals surface area (Å²) < 4.78 is 0. The van der Waals surface area contributed by atoms with Crippen LogP contribution in [0.3, 0.4) is 0 Å². The number of rotatable bonds is 4. The van der Waals surface area contributed by atoms with Crippen LogP contribution in [0.15, 0.2) is 35.7 Å². The van der Waals surface area contributed by atoms with Crippen molar-refractivity contribution in [3.8, 4) is 11.1 Å². The lowest BCUT2D eigenvalue weighted by Gasteiger charge is -1.97.